The van der Waals surface area contributed by atoms with Gasteiger partial charge in [-0.15, -0.1) is 0 Å². The number of nitrogens with zero attached hydrogens (tertiary/aromatic N) is 3. The number of hydrogen-bond acceptors (Lipinski definition) is 5. The molecule has 0 bridgehead atoms. The summed E-state index contributed by atoms with van der Waals surface area (Å²) in [6, 6.07) is 15.7. The molecule has 0 saturated carbocycles. The number of methoxy groups -OCH3 is 1. The Morgan fingerprint density at radius 3 is 2.70 bits per heavy atom. The first kappa shape index (κ1) is 20.1. The molecule has 0 N–H and O–H groups in total. The number of ether oxygens (including phenoxy) is 1. The maximum atomic E-state index is 13.4. The summed E-state index contributed by atoms with van der Waals surface area (Å²) >= 11 is 0. The molecule has 156 valence electrons. The fourth-order valence-electron chi connectivity index (χ4n) is 3.64. The van der Waals surface area contributed by atoms with Crippen molar-refractivity contribution in [2.75, 3.05) is 33.3 Å². The minimum atomic E-state index is -0.354. The van der Waals surface area contributed by atoms with Crippen LogP contribution in [0.3, 0.4) is 0 Å². The lowest BCUT2D eigenvalue weighted by molar-refractivity contribution is 0.0719. The Morgan fingerprint density at radius 2 is 1.93 bits per heavy atom. The predicted molar refractivity (Wildman–Crippen MR) is 111 cm³/mol. The van der Waals surface area contributed by atoms with Crippen molar-refractivity contribution >= 4 is 5.91 Å². The van der Waals surface area contributed by atoms with Crippen molar-refractivity contribution in [2.45, 2.75) is 13.0 Å². The molecule has 2 heterocycles. The number of carbonyl (C=O) groups excluding carboxylic acids is 1. The molecule has 1 aliphatic rings. The number of carbonyl (C=O) groups is 1. The second-order valence-electron chi connectivity index (χ2n) is 7.36. The summed E-state index contributed by atoms with van der Waals surface area (Å²) in [6.07, 6.45) is 0.882. The Kier molecular flexibility index (Phi) is 6.09. The molecule has 0 atom stereocenters. The van der Waals surface area contributed by atoms with Crippen LogP contribution >= 0.6 is 0 Å². The molecule has 1 saturated heterocycles. The fraction of sp³-hybridized carbons (Fsp3) is 0.304. The van der Waals surface area contributed by atoms with Crippen molar-refractivity contribution in [1.29, 1.82) is 0 Å². The Bertz CT molecular complexity index is 1000. The molecular formula is C23H24FN3O3. The van der Waals surface area contributed by atoms with Crippen molar-refractivity contribution in [2.24, 2.45) is 0 Å². The Labute approximate surface area is 174 Å². The first-order chi connectivity index (χ1) is 14.6. The summed E-state index contributed by atoms with van der Waals surface area (Å²) in [5.41, 5.74) is 2.25. The van der Waals surface area contributed by atoms with E-state index in [1.165, 1.54) is 17.7 Å². The lowest BCUT2D eigenvalue weighted by Crippen LogP contribution is -2.34. The van der Waals surface area contributed by atoms with Crippen LogP contribution in [0.2, 0.25) is 0 Å². The summed E-state index contributed by atoms with van der Waals surface area (Å²) in [4.78, 5) is 17.0. The van der Waals surface area contributed by atoms with Crippen molar-refractivity contribution < 1.29 is 18.4 Å². The topological polar surface area (TPSA) is 58.8 Å². The zero-order valence-electron chi connectivity index (χ0n) is 16.9. The molecule has 0 aliphatic carbocycles. The second kappa shape index (κ2) is 9.09. The van der Waals surface area contributed by atoms with Crippen LogP contribution in [-0.4, -0.2) is 54.2 Å². The molecule has 2 aromatic carbocycles. The van der Waals surface area contributed by atoms with E-state index in [1.807, 2.05) is 12.1 Å². The third-order valence-electron chi connectivity index (χ3n) is 5.28. The summed E-state index contributed by atoms with van der Waals surface area (Å²) in [7, 11) is 1.66. The average molecular weight is 409 g/mol. The molecule has 1 amide bonds. The lowest BCUT2D eigenvalue weighted by atomic mass is 10.1. The first-order valence-corrected chi connectivity index (χ1v) is 9.99. The highest BCUT2D eigenvalue weighted by Crippen LogP contribution is 2.21. The molecule has 6 nitrogen and oxygen atoms in total. The van der Waals surface area contributed by atoms with Crippen molar-refractivity contribution in [3.05, 3.63) is 71.7 Å². The van der Waals surface area contributed by atoms with Gasteiger partial charge in [0.1, 0.15) is 17.3 Å². The molecule has 7 heteroatoms. The van der Waals surface area contributed by atoms with E-state index in [1.54, 1.807) is 30.2 Å². The maximum absolute atomic E-state index is 13.4. The molecular weight excluding hydrogens is 385 g/mol. The highest BCUT2D eigenvalue weighted by Gasteiger charge is 2.24. The zero-order valence-corrected chi connectivity index (χ0v) is 16.9. The largest absolute Gasteiger partial charge is 0.497 e. The van der Waals surface area contributed by atoms with Crippen molar-refractivity contribution in [3.63, 3.8) is 0 Å². The molecule has 4 rings (SSSR count). The van der Waals surface area contributed by atoms with Gasteiger partial charge < -0.3 is 14.2 Å². The highest BCUT2D eigenvalue weighted by molar-refractivity contribution is 5.92. The van der Waals surface area contributed by atoms with Gasteiger partial charge in [-0.05, 0) is 36.2 Å². The first-order valence-electron chi connectivity index (χ1n) is 9.99. The second-order valence-corrected chi connectivity index (χ2v) is 7.36. The molecule has 3 aromatic rings. The van der Waals surface area contributed by atoms with E-state index < -0.39 is 0 Å². The molecule has 1 aliphatic heterocycles. The van der Waals surface area contributed by atoms with Crippen LogP contribution < -0.4 is 4.74 Å². The van der Waals surface area contributed by atoms with E-state index >= 15 is 0 Å². The number of benzene rings is 2. The smallest absolute Gasteiger partial charge is 0.292 e. The van der Waals surface area contributed by atoms with Gasteiger partial charge in [0.25, 0.3) is 5.91 Å². The van der Waals surface area contributed by atoms with Gasteiger partial charge in [-0.25, -0.2) is 4.39 Å². The van der Waals surface area contributed by atoms with Crippen LogP contribution in [0.25, 0.3) is 11.3 Å². The third kappa shape index (κ3) is 4.68. The zero-order chi connectivity index (χ0) is 20.9. The normalized spacial score (nSPS) is 15.1. The van der Waals surface area contributed by atoms with E-state index in [-0.39, 0.29) is 17.5 Å². The van der Waals surface area contributed by atoms with E-state index in [4.69, 9.17) is 9.26 Å². The Balaban J connectivity index is 1.37. The minimum absolute atomic E-state index is 0.179. The SMILES string of the molecule is COc1ccc(CN2CCCN(C(=O)c3cc(-c4cccc(F)c4)no3)CC2)cc1. The predicted octanol–water partition coefficient (Wildman–Crippen LogP) is 3.84. The molecule has 30 heavy (non-hydrogen) atoms. The molecule has 1 fully saturated rings. The van der Waals surface area contributed by atoms with Crippen LogP contribution in [0.1, 0.15) is 22.5 Å². The number of amides is 1. The van der Waals surface area contributed by atoms with E-state index in [2.05, 4.69) is 22.2 Å². The summed E-state index contributed by atoms with van der Waals surface area (Å²) in [5, 5.41) is 3.94. The molecule has 0 spiro atoms. The standard InChI is InChI=1S/C23H24FN3O3/c1-29-20-8-6-17(7-9-20)16-26-10-3-11-27(13-12-26)23(28)22-15-21(25-30-22)18-4-2-5-19(24)14-18/h2,4-9,14-15H,3,10-13,16H2,1H3. The minimum Gasteiger partial charge on any atom is -0.497 e. The third-order valence-corrected chi connectivity index (χ3v) is 5.28. The van der Waals surface area contributed by atoms with Crippen LogP contribution in [0, 0.1) is 5.82 Å². The van der Waals surface area contributed by atoms with Gasteiger partial charge in [-0.3, -0.25) is 9.69 Å². The van der Waals surface area contributed by atoms with Crippen LogP contribution in [-0.2, 0) is 6.54 Å². The fourth-order valence-corrected chi connectivity index (χ4v) is 3.64. The maximum Gasteiger partial charge on any atom is 0.292 e. The van der Waals surface area contributed by atoms with Gasteiger partial charge in [0, 0.05) is 44.4 Å². The number of halogens is 1. The monoisotopic (exact) mass is 409 g/mol. The van der Waals surface area contributed by atoms with Gasteiger partial charge in [0.05, 0.1) is 7.11 Å². The Morgan fingerprint density at radius 1 is 1.10 bits per heavy atom. The Hall–Kier alpha value is -3.19. The number of rotatable bonds is 5. The van der Waals surface area contributed by atoms with Gasteiger partial charge in [0.15, 0.2) is 0 Å². The summed E-state index contributed by atoms with van der Waals surface area (Å²) in [5.74, 6) is 0.484. The summed E-state index contributed by atoms with van der Waals surface area (Å²) in [6.45, 7) is 3.81. The molecule has 0 radical (unpaired) electrons. The van der Waals surface area contributed by atoms with Crippen molar-refractivity contribution in [1.82, 2.24) is 15.0 Å². The van der Waals surface area contributed by atoms with E-state index in [9.17, 15) is 9.18 Å². The van der Waals surface area contributed by atoms with Crippen LogP contribution in [0.15, 0.2) is 59.1 Å². The summed E-state index contributed by atoms with van der Waals surface area (Å²) < 4.78 is 23.9. The molecule has 0 unspecified atom stereocenters. The average Bonchev–Trinajstić information content (AvgIpc) is 3.15. The number of aromatic nitrogens is 1. The highest BCUT2D eigenvalue weighted by atomic mass is 19.1. The van der Waals surface area contributed by atoms with Crippen LogP contribution in [0.4, 0.5) is 4.39 Å². The van der Waals surface area contributed by atoms with Gasteiger partial charge >= 0.3 is 0 Å². The van der Waals surface area contributed by atoms with Gasteiger partial charge in [-0.2, -0.15) is 0 Å². The number of hydrogen-bond donors (Lipinski definition) is 0. The van der Waals surface area contributed by atoms with E-state index in [0.29, 0.717) is 24.3 Å². The van der Waals surface area contributed by atoms with E-state index in [0.717, 1.165) is 31.8 Å². The molecule has 1 aromatic heterocycles. The van der Waals surface area contributed by atoms with Gasteiger partial charge in [-0.1, -0.05) is 29.4 Å². The van der Waals surface area contributed by atoms with Crippen molar-refractivity contribution in [3.8, 4) is 17.0 Å². The van der Waals surface area contributed by atoms with Gasteiger partial charge in [0.2, 0.25) is 5.76 Å². The van der Waals surface area contributed by atoms with Crippen LogP contribution in [0.5, 0.6) is 5.75 Å². The lowest BCUT2D eigenvalue weighted by Gasteiger charge is -2.21. The quantitative estimate of drug-likeness (QED) is 0.641.